The largest absolute Gasteiger partial charge is 0.393 e. The third-order valence-electron chi connectivity index (χ3n) is 2.78. The molecule has 0 radical (unpaired) electrons. The van der Waals surface area contributed by atoms with Gasteiger partial charge in [0.05, 0.1) is 4.99 Å². The minimum atomic E-state index is 0.00257. The first-order valence-electron chi connectivity index (χ1n) is 6.29. The number of aryl methyl sites for hydroxylation is 1. The van der Waals surface area contributed by atoms with Crippen molar-refractivity contribution in [3.8, 4) is 0 Å². The van der Waals surface area contributed by atoms with Crippen LogP contribution < -0.4 is 11.1 Å². The highest BCUT2D eigenvalue weighted by atomic mass is 32.1. The van der Waals surface area contributed by atoms with Crippen LogP contribution in [0.2, 0.25) is 0 Å². The molecule has 1 amide bonds. The van der Waals surface area contributed by atoms with Gasteiger partial charge in [-0.1, -0.05) is 37.3 Å². The highest BCUT2D eigenvalue weighted by Gasteiger charge is 2.08. The summed E-state index contributed by atoms with van der Waals surface area (Å²) in [6.07, 6.45) is 3.43. The first kappa shape index (κ1) is 14.6. The second-order valence-corrected chi connectivity index (χ2v) is 4.71. The van der Waals surface area contributed by atoms with Crippen LogP contribution in [0, 0.1) is 0 Å². The quantitative estimate of drug-likeness (QED) is 0.587. The molecule has 0 heterocycles. The van der Waals surface area contributed by atoms with Crippen LogP contribution in [0.1, 0.15) is 42.1 Å². The zero-order valence-corrected chi connectivity index (χ0v) is 11.6. The predicted octanol–water partition coefficient (Wildman–Crippen LogP) is 2.44. The van der Waals surface area contributed by atoms with E-state index in [0.29, 0.717) is 11.5 Å². The topological polar surface area (TPSA) is 55.1 Å². The molecule has 0 aliphatic rings. The Morgan fingerprint density at radius 2 is 2.06 bits per heavy atom. The molecule has 3 nitrogen and oxygen atoms in total. The molecule has 4 heteroatoms. The van der Waals surface area contributed by atoms with E-state index in [4.69, 9.17) is 18.0 Å². The van der Waals surface area contributed by atoms with E-state index in [1.165, 1.54) is 0 Å². The van der Waals surface area contributed by atoms with Gasteiger partial charge < -0.3 is 11.1 Å². The molecule has 0 saturated carbocycles. The number of hydrogen-bond donors (Lipinski definition) is 2. The Labute approximate surface area is 114 Å². The maximum Gasteiger partial charge on any atom is 0.251 e. The van der Waals surface area contributed by atoms with Crippen LogP contribution in [0.15, 0.2) is 24.3 Å². The van der Waals surface area contributed by atoms with Gasteiger partial charge in [0.1, 0.15) is 0 Å². The lowest BCUT2D eigenvalue weighted by atomic mass is 10.0. The number of unbranched alkanes of at least 4 members (excludes halogenated alkanes) is 1. The van der Waals surface area contributed by atoms with Crippen molar-refractivity contribution in [2.24, 2.45) is 5.73 Å². The number of amides is 1. The molecular weight excluding hydrogens is 244 g/mol. The predicted molar refractivity (Wildman–Crippen MR) is 78.8 cm³/mol. The van der Waals surface area contributed by atoms with Gasteiger partial charge in [-0.25, -0.2) is 0 Å². The Morgan fingerprint density at radius 3 is 2.72 bits per heavy atom. The van der Waals surface area contributed by atoms with Crippen LogP contribution in [-0.4, -0.2) is 17.4 Å². The maximum absolute atomic E-state index is 12.0. The summed E-state index contributed by atoms with van der Waals surface area (Å²) in [6.45, 7) is 2.72. The van der Waals surface area contributed by atoms with E-state index in [1.807, 2.05) is 31.2 Å². The Balaban J connectivity index is 2.38. The molecule has 98 valence electrons. The van der Waals surface area contributed by atoms with E-state index in [-0.39, 0.29) is 5.91 Å². The summed E-state index contributed by atoms with van der Waals surface area (Å²) in [5.74, 6) is 0.00257. The number of benzene rings is 1. The van der Waals surface area contributed by atoms with E-state index >= 15 is 0 Å². The van der Waals surface area contributed by atoms with Crippen molar-refractivity contribution in [2.45, 2.75) is 32.6 Å². The molecule has 0 spiro atoms. The number of thiocarbonyl (C=S) groups is 1. The standard InChI is InChI=1S/C14H20N2OS/c1-2-11-7-3-4-8-12(11)14(17)16-10-6-5-9-13(15)18/h3-4,7-8H,2,5-6,9-10H2,1H3,(H2,15,18)(H,16,17). The van der Waals surface area contributed by atoms with E-state index in [2.05, 4.69) is 5.32 Å². The number of carbonyl (C=O) groups is 1. The Kier molecular flexibility index (Phi) is 6.36. The van der Waals surface area contributed by atoms with Crippen molar-refractivity contribution in [1.82, 2.24) is 5.32 Å². The average molecular weight is 264 g/mol. The normalized spacial score (nSPS) is 10.1. The Hall–Kier alpha value is -1.42. The minimum absolute atomic E-state index is 0.00257. The molecular formula is C14H20N2OS. The summed E-state index contributed by atoms with van der Waals surface area (Å²) in [6, 6.07) is 7.70. The third-order valence-corrected chi connectivity index (χ3v) is 2.98. The summed E-state index contributed by atoms with van der Waals surface area (Å²) in [7, 11) is 0. The second-order valence-electron chi connectivity index (χ2n) is 4.19. The molecule has 1 aromatic carbocycles. The van der Waals surface area contributed by atoms with Gasteiger partial charge >= 0.3 is 0 Å². The zero-order chi connectivity index (χ0) is 13.4. The lowest BCUT2D eigenvalue weighted by Gasteiger charge is -2.08. The first-order valence-corrected chi connectivity index (χ1v) is 6.70. The number of nitrogens with two attached hydrogens (primary N) is 1. The summed E-state index contributed by atoms with van der Waals surface area (Å²) in [4.78, 5) is 12.5. The van der Waals surface area contributed by atoms with E-state index in [0.717, 1.165) is 36.8 Å². The molecule has 0 aliphatic carbocycles. The molecule has 1 rings (SSSR count). The number of carbonyl (C=O) groups excluding carboxylic acids is 1. The van der Waals surface area contributed by atoms with Crippen molar-refractivity contribution in [3.63, 3.8) is 0 Å². The highest BCUT2D eigenvalue weighted by molar-refractivity contribution is 7.80. The van der Waals surface area contributed by atoms with Gasteiger partial charge in [-0.2, -0.15) is 0 Å². The maximum atomic E-state index is 12.0. The number of rotatable bonds is 7. The first-order chi connectivity index (χ1) is 8.65. The van der Waals surface area contributed by atoms with Crippen LogP contribution in [-0.2, 0) is 6.42 Å². The molecule has 18 heavy (non-hydrogen) atoms. The summed E-state index contributed by atoms with van der Waals surface area (Å²) in [5.41, 5.74) is 7.26. The Morgan fingerprint density at radius 1 is 1.33 bits per heavy atom. The fraction of sp³-hybridized carbons (Fsp3) is 0.429. The van der Waals surface area contributed by atoms with Gasteiger partial charge in [0, 0.05) is 12.1 Å². The molecule has 0 bridgehead atoms. The minimum Gasteiger partial charge on any atom is -0.393 e. The van der Waals surface area contributed by atoms with Gasteiger partial charge in [0.25, 0.3) is 5.91 Å². The monoisotopic (exact) mass is 264 g/mol. The van der Waals surface area contributed by atoms with Crippen molar-refractivity contribution in [1.29, 1.82) is 0 Å². The van der Waals surface area contributed by atoms with E-state index < -0.39 is 0 Å². The highest BCUT2D eigenvalue weighted by Crippen LogP contribution is 2.09. The number of nitrogens with one attached hydrogen (secondary N) is 1. The third kappa shape index (κ3) is 4.84. The molecule has 0 aromatic heterocycles. The van der Waals surface area contributed by atoms with Crippen molar-refractivity contribution < 1.29 is 4.79 Å². The van der Waals surface area contributed by atoms with Crippen molar-refractivity contribution in [3.05, 3.63) is 35.4 Å². The van der Waals surface area contributed by atoms with E-state index in [1.54, 1.807) is 0 Å². The molecule has 0 aliphatic heterocycles. The van der Waals surface area contributed by atoms with E-state index in [9.17, 15) is 4.79 Å². The van der Waals surface area contributed by atoms with Gasteiger partial charge in [0.15, 0.2) is 0 Å². The summed E-state index contributed by atoms with van der Waals surface area (Å²) < 4.78 is 0. The average Bonchev–Trinajstić information content (AvgIpc) is 2.37. The van der Waals surface area contributed by atoms with Gasteiger partial charge in [-0.3, -0.25) is 4.79 Å². The molecule has 0 atom stereocenters. The fourth-order valence-electron chi connectivity index (χ4n) is 1.77. The summed E-state index contributed by atoms with van der Waals surface area (Å²) in [5, 5.41) is 2.92. The van der Waals surface area contributed by atoms with Crippen molar-refractivity contribution in [2.75, 3.05) is 6.54 Å². The lowest BCUT2D eigenvalue weighted by molar-refractivity contribution is 0.0952. The summed E-state index contributed by atoms with van der Waals surface area (Å²) >= 11 is 4.80. The van der Waals surface area contributed by atoms with Gasteiger partial charge in [-0.05, 0) is 37.3 Å². The fourth-order valence-corrected chi connectivity index (χ4v) is 1.92. The zero-order valence-electron chi connectivity index (χ0n) is 10.7. The van der Waals surface area contributed by atoms with Crippen molar-refractivity contribution >= 4 is 23.1 Å². The SMILES string of the molecule is CCc1ccccc1C(=O)NCCCCC(N)=S. The Bertz CT molecular complexity index is 418. The number of hydrogen-bond acceptors (Lipinski definition) is 2. The van der Waals surface area contributed by atoms with Crippen LogP contribution >= 0.6 is 12.2 Å². The second kappa shape index (κ2) is 7.82. The molecule has 0 saturated heterocycles. The van der Waals surface area contributed by atoms with Crippen LogP contribution in [0.5, 0.6) is 0 Å². The van der Waals surface area contributed by atoms with Crippen LogP contribution in [0.25, 0.3) is 0 Å². The van der Waals surface area contributed by atoms with Gasteiger partial charge in [-0.15, -0.1) is 0 Å². The van der Waals surface area contributed by atoms with Crippen LogP contribution in [0.4, 0.5) is 0 Å². The smallest absolute Gasteiger partial charge is 0.251 e. The molecule has 3 N–H and O–H groups in total. The molecule has 0 unspecified atom stereocenters. The lowest BCUT2D eigenvalue weighted by Crippen LogP contribution is -2.25. The van der Waals surface area contributed by atoms with Crippen LogP contribution in [0.3, 0.4) is 0 Å². The van der Waals surface area contributed by atoms with Gasteiger partial charge in [0.2, 0.25) is 0 Å². The molecule has 1 aromatic rings. The molecule has 0 fully saturated rings.